The number of carbonyl (C=O) groups is 1. The van der Waals surface area contributed by atoms with Gasteiger partial charge in [-0.1, -0.05) is 0 Å². The third kappa shape index (κ3) is 2.98. The molecule has 0 saturated carbocycles. The van der Waals surface area contributed by atoms with Crippen LogP contribution in [0.3, 0.4) is 0 Å². The maximum atomic E-state index is 12.6. The Morgan fingerprint density at radius 2 is 2.47 bits per heavy atom. The van der Waals surface area contributed by atoms with E-state index in [2.05, 4.69) is 10.3 Å². The summed E-state index contributed by atoms with van der Waals surface area (Å²) >= 11 is 0. The number of ether oxygens (including phenoxy) is 1. The summed E-state index contributed by atoms with van der Waals surface area (Å²) in [6.45, 7) is 0.639. The largest absolute Gasteiger partial charge is 0.376 e. The van der Waals surface area contributed by atoms with Gasteiger partial charge in [-0.3, -0.25) is 4.79 Å². The molecule has 1 aliphatic heterocycles. The fraction of sp³-hybridized carbons (Fsp3) is 0.455. The minimum atomic E-state index is -0.718. The molecule has 1 aromatic rings. The molecular weight excluding hydrogens is 225 g/mol. The van der Waals surface area contributed by atoms with E-state index in [9.17, 15) is 9.18 Å². The van der Waals surface area contributed by atoms with Crippen LogP contribution in [0.25, 0.3) is 0 Å². The number of nitrogens with zero attached hydrogens (tertiary/aromatic N) is 1. The number of amides is 1. The van der Waals surface area contributed by atoms with Crippen LogP contribution in [0.5, 0.6) is 0 Å². The molecule has 6 heteroatoms. The van der Waals surface area contributed by atoms with Gasteiger partial charge >= 0.3 is 0 Å². The monoisotopic (exact) mass is 239 g/mol. The average molecular weight is 239 g/mol. The summed E-state index contributed by atoms with van der Waals surface area (Å²) in [4.78, 5) is 15.5. The number of nitrogens with two attached hydrogens (primary N) is 1. The molecule has 3 N–H and O–H groups in total. The first-order valence-electron chi connectivity index (χ1n) is 5.46. The fourth-order valence-electron chi connectivity index (χ4n) is 1.71. The molecule has 1 amide bonds. The molecule has 2 atom stereocenters. The number of pyridine rings is 1. The third-order valence-corrected chi connectivity index (χ3v) is 2.65. The molecule has 2 heterocycles. The van der Waals surface area contributed by atoms with E-state index in [-0.39, 0.29) is 17.8 Å². The Morgan fingerprint density at radius 3 is 3.06 bits per heavy atom. The van der Waals surface area contributed by atoms with Crippen molar-refractivity contribution < 1.29 is 13.9 Å². The molecule has 0 aliphatic carbocycles. The number of halogens is 1. The predicted octanol–water partition coefficient (Wildman–Crippen LogP) is 0.665. The van der Waals surface area contributed by atoms with E-state index in [4.69, 9.17) is 10.5 Å². The zero-order chi connectivity index (χ0) is 12.3. The predicted molar refractivity (Wildman–Crippen MR) is 59.8 cm³/mol. The highest BCUT2D eigenvalue weighted by Gasteiger charge is 2.28. The fourth-order valence-corrected chi connectivity index (χ4v) is 1.71. The molecule has 1 fully saturated rings. The minimum Gasteiger partial charge on any atom is -0.376 e. The standard InChI is InChI=1S/C11H14FN3O2/c12-7-3-4-9(14-6-7)15-11(16)10(13)8-2-1-5-17-8/h3-4,6,8,10H,1-2,5,13H2,(H,14,15,16). The van der Waals surface area contributed by atoms with Gasteiger partial charge in [0.1, 0.15) is 17.7 Å². The van der Waals surface area contributed by atoms with Crippen molar-refractivity contribution in [3.05, 3.63) is 24.1 Å². The van der Waals surface area contributed by atoms with E-state index in [1.807, 2.05) is 0 Å². The van der Waals surface area contributed by atoms with Crippen LogP contribution in [0.15, 0.2) is 18.3 Å². The van der Waals surface area contributed by atoms with Crippen LogP contribution in [0.2, 0.25) is 0 Å². The van der Waals surface area contributed by atoms with Gasteiger partial charge in [-0.25, -0.2) is 9.37 Å². The SMILES string of the molecule is NC(C(=O)Nc1ccc(F)cn1)C1CCCO1. The Kier molecular flexibility index (Phi) is 3.65. The molecular formula is C11H14FN3O2. The van der Waals surface area contributed by atoms with E-state index in [1.54, 1.807) is 0 Å². The number of hydrogen-bond acceptors (Lipinski definition) is 4. The van der Waals surface area contributed by atoms with Crippen LogP contribution in [0.4, 0.5) is 10.2 Å². The second-order valence-electron chi connectivity index (χ2n) is 3.93. The lowest BCUT2D eigenvalue weighted by Crippen LogP contribution is -2.45. The normalized spacial score (nSPS) is 21.2. The van der Waals surface area contributed by atoms with Crippen molar-refractivity contribution in [1.29, 1.82) is 0 Å². The van der Waals surface area contributed by atoms with Crippen molar-refractivity contribution in [2.24, 2.45) is 5.73 Å². The van der Waals surface area contributed by atoms with Gasteiger partial charge in [-0.05, 0) is 25.0 Å². The van der Waals surface area contributed by atoms with Crippen molar-refractivity contribution in [3.8, 4) is 0 Å². The highest BCUT2D eigenvalue weighted by Crippen LogP contribution is 2.15. The van der Waals surface area contributed by atoms with Crippen LogP contribution in [-0.2, 0) is 9.53 Å². The molecule has 1 aromatic heterocycles. The van der Waals surface area contributed by atoms with Crippen molar-refractivity contribution in [2.45, 2.75) is 25.0 Å². The summed E-state index contributed by atoms with van der Waals surface area (Å²) < 4.78 is 17.9. The zero-order valence-corrected chi connectivity index (χ0v) is 9.23. The number of carbonyl (C=O) groups excluding carboxylic acids is 1. The Labute approximate surface area is 98.2 Å². The van der Waals surface area contributed by atoms with E-state index in [1.165, 1.54) is 12.1 Å². The molecule has 92 valence electrons. The summed E-state index contributed by atoms with van der Waals surface area (Å²) in [6.07, 6.45) is 2.49. The van der Waals surface area contributed by atoms with E-state index < -0.39 is 11.9 Å². The van der Waals surface area contributed by atoms with Gasteiger partial charge < -0.3 is 15.8 Å². The maximum Gasteiger partial charge on any atom is 0.245 e. The number of anilines is 1. The second kappa shape index (κ2) is 5.20. The summed E-state index contributed by atoms with van der Waals surface area (Å²) in [5.41, 5.74) is 5.76. The number of aromatic nitrogens is 1. The molecule has 0 bridgehead atoms. The maximum absolute atomic E-state index is 12.6. The molecule has 17 heavy (non-hydrogen) atoms. The Hall–Kier alpha value is -1.53. The van der Waals surface area contributed by atoms with Gasteiger partial charge in [0.2, 0.25) is 5.91 Å². The Balaban J connectivity index is 1.93. The topological polar surface area (TPSA) is 77.2 Å². The smallest absolute Gasteiger partial charge is 0.245 e. The number of nitrogens with one attached hydrogen (secondary N) is 1. The lowest BCUT2D eigenvalue weighted by Gasteiger charge is -2.17. The van der Waals surface area contributed by atoms with Gasteiger partial charge in [-0.2, -0.15) is 0 Å². The lowest BCUT2D eigenvalue weighted by atomic mass is 10.1. The van der Waals surface area contributed by atoms with Crippen LogP contribution < -0.4 is 11.1 Å². The molecule has 2 rings (SSSR count). The summed E-state index contributed by atoms with van der Waals surface area (Å²) in [5.74, 6) is -0.535. The molecule has 1 saturated heterocycles. The highest BCUT2D eigenvalue weighted by molar-refractivity contribution is 5.94. The quantitative estimate of drug-likeness (QED) is 0.812. The van der Waals surface area contributed by atoms with Gasteiger partial charge in [0.25, 0.3) is 0 Å². The second-order valence-corrected chi connectivity index (χ2v) is 3.93. The van der Waals surface area contributed by atoms with Crippen LogP contribution in [-0.4, -0.2) is 29.6 Å². The lowest BCUT2D eigenvalue weighted by molar-refractivity contribution is -0.120. The van der Waals surface area contributed by atoms with Gasteiger partial charge in [-0.15, -0.1) is 0 Å². The summed E-state index contributed by atoms with van der Waals surface area (Å²) in [6, 6.07) is 1.89. The Bertz CT molecular complexity index is 390. The molecule has 0 spiro atoms. The number of hydrogen-bond donors (Lipinski definition) is 2. The van der Waals surface area contributed by atoms with E-state index in [0.29, 0.717) is 6.61 Å². The molecule has 1 aliphatic rings. The van der Waals surface area contributed by atoms with Crippen LogP contribution in [0, 0.1) is 5.82 Å². The van der Waals surface area contributed by atoms with Crippen molar-refractivity contribution in [3.63, 3.8) is 0 Å². The molecule has 0 radical (unpaired) electrons. The first kappa shape index (κ1) is 11.9. The first-order chi connectivity index (χ1) is 8.16. The summed E-state index contributed by atoms with van der Waals surface area (Å²) in [5, 5.41) is 2.52. The van der Waals surface area contributed by atoms with Crippen LogP contribution >= 0.6 is 0 Å². The zero-order valence-electron chi connectivity index (χ0n) is 9.23. The highest BCUT2D eigenvalue weighted by atomic mass is 19.1. The molecule has 5 nitrogen and oxygen atoms in total. The van der Waals surface area contributed by atoms with Gasteiger partial charge in [0.05, 0.1) is 12.3 Å². The minimum absolute atomic E-state index is 0.240. The van der Waals surface area contributed by atoms with Crippen molar-refractivity contribution >= 4 is 11.7 Å². The van der Waals surface area contributed by atoms with Crippen molar-refractivity contribution in [1.82, 2.24) is 4.98 Å². The van der Waals surface area contributed by atoms with E-state index >= 15 is 0 Å². The van der Waals surface area contributed by atoms with Crippen LogP contribution in [0.1, 0.15) is 12.8 Å². The molecule has 2 unspecified atom stereocenters. The number of rotatable bonds is 3. The van der Waals surface area contributed by atoms with Crippen molar-refractivity contribution in [2.75, 3.05) is 11.9 Å². The van der Waals surface area contributed by atoms with Gasteiger partial charge in [0.15, 0.2) is 0 Å². The average Bonchev–Trinajstić information content (AvgIpc) is 2.84. The third-order valence-electron chi connectivity index (χ3n) is 2.65. The van der Waals surface area contributed by atoms with Gasteiger partial charge in [0, 0.05) is 6.61 Å². The first-order valence-corrected chi connectivity index (χ1v) is 5.46. The summed E-state index contributed by atoms with van der Waals surface area (Å²) in [7, 11) is 0. The Morgan fingerprint density at radius 1 is 1.65 bits per heavy atom. The molecule has 0 aromatic carbocycles. The van der Waals surface area contributed by atoms with E-state index in [0.717, 1.165) is 19.0 Å².